The maximum atomic E-state index is 6.55. The minimum absolute atomic E-state index is 0. The third-order valence-electron chi connectivity index (χ3n) is 6.61. The first-order valence-corrected chi connectivity index (χ1v) is 12.9. The highest BCUT2D eigenvalue weighted by Crippen LogP contribution is 2.40. The molecule has 2 fully saturated rings. The number of benzene rings is 2. The highest BCUT2D eigenvalue weighted by atomic mass is 35.5. The fourth-order valence-corrected chi connectivity index (χ4v) is 5.28. The van der Waals surface area contributed by atoms with Gasteiger partial charge in [-0.2, -0.15) is 0 Å². The van der Waals surface area contributed by atoms with Crippen molar-refractivity contribution in [2.75, 3.05) is 57.4 Å². The zero-order valence-corrected chi connectivity index (χ0v) is 22.1. The van der Waals surface area contributed by atoms with Crippen LogP contribution in [-0.4, -0.2) is 78.5 Å². The van der Waals surface area contributed by atoms with Gasteiger partial charge in [0.15, 0.2) is 0 Å². The zero-order chi connectivity index (χ0) is 25.0. The van der Waals surface area contributed by atoms with Crippen LogP contribution in [0.25, 0.3) is 0 Å². The Bertz CT molecular complexity index is 1130. The number of halogens is 2. The van der Waals surface area contributed by atoms with Crippen LogP contribution in [-0.2, 0) is 21.8 Å². The van der Waals surface area contributed by atoms with Crippen molar-refractivity contribution >= 4 is 28.9 Å². The Morgan fingerprint density at radius 3 is 2.54 bits per heavy atom. The number of nitrogens with two attached hydrogens (primary N) is 1. The van der Waals surface area contributed by atoms with Crippen molar-refractivity contribution in [3.8, 4) is 5.75 Å². The van der Waals surface area contributed by atoms with Crippen LogP contribution >= 0.6 is 23.2 Å². The summed E-state index contributed by atoms with van der Waals surface area (Å²) < 4.78 is 20.7. The van der Waals surface area contributed by atoms with Crippen LogP contribution in [0.4, 0.5) is 5.69 Å². The molecule has 3 aromatic rings. The lowest BCUT2D eigenvalue weighted by atomic mass is 10.1. The van der Waals surface area contributed by atoms with Crippen molar-refractivity contribution in [2.45, 2.75) is 18.4 Å². The molecule has 4 N–H and O–H groups in total. The molecule has 2 saturated heterocycles. The van der Waals surface area contributed by atoms with Crippen molar-refractivity contribution in [1.82, 2.24) is 14.5 Å². The van der Waals surface area contributed by atoms with Crippen LogP contribution in [0.5, 0.6) is 5.75 Å². The van der Waals surface area contributed by atoms with Crippen LogP contribution in [0.1, 0.15) is 5.56 Å². The minimum atomic E-state index is -1.06. The van der Waals surface area contributed by atoms with Crippen LogP contribution in [0, 0.1) is 0 Å². The van der Waals surface area contributed by atoms with E-state index in [0.29, 0.717) is 36.3 Å². The topological polar surface area (TPSA) is 110 Å². The smallest absolute Gasteiger partial charge is 0.215 e. The summed E-state index contributed by atoms with van der Waals surface area (Å²) in [6.45, 7) is 6.87. The molecular weight excluding hydrogens is 517 g/mol. The van der Waals surface area contributed by atoms with Crippen LogP contribution in [0.15, 0.2) is 61.2 Å². The third kappa shape index (κ3) is 6.56. The maximum absolute atomic E-state index is 6.55. The number of hydrogen-bond acceptors (Lipinski definition) is 7. The molecule has 0 bridgehead atoms. The molecule has 3 heterocycles. The molecule has 37 heavy (non-hydrogen) atoms. The van der Waals surface area contributed by atoms with E-state index in [-0.39, 0.29) is 11.6 Å². The molecular formula is C26H33Cl2N5O4. The van der Waals surface area contributed by atoms with Gasteiger partial charge in [0.05, 0.1) is 24.5 Å². The number of rotatable bonds is 9. The first kappa shape index (κ1) is 27.7. The van der Waals surface area contributed by atoms with Crippen molar-refractivity contribution in [1.29, 1.82) is 0 Å². The van der Waals surface area contributed by atoms with Gasteiger partial charge in [-0.1, -0.05) is 29.3 Å². The first-order valence-electron chi connectivity index (χ1n) is 12.2. The van der Waals surface area contributed by atoms with Gasteiger partial charge in [0.2, 0.25) is 5.79 Å². The molecule has 9 nitrogen and oxygen atoms in total. The summed E-state index contributed by atoms with van der Waals surface area (Å²) in [6.07, 6.45) is 5.04. The Morgan fingerprint density at radius 2 is 1.86 bits per heavy atom. The first-order chi connectivity index (χ1) is 17.5. The summed E-state index contributed by atoms with van der Waals surface area (Å²) in [5.74, 6) is -0.271. The SMILES string of the molecule is NCCN1CCN(c2ccc(OC[C@@H]3CO[C@@](Cn4ccnc4)(c4ccc(Cl)cc4Cl)O3)cc2)CC1.O. The predicted molar refractivity (Wildman–Crippen MR) is 144 cm³/mol. The lowest BCUT2D eigenvalue weighted by Crippen LogP contribution is -2.47. The molecule has 0 amide bonds. The summed E-state index contributed by atoms with van der Waals surface area (Å²) in [5.41, 5.74) is 7.61. The van der Waals surface area contributed by atoms with Gasteiger partial charge in [0.25, 0.3) is 0 Å². The minimum Gasteiger partial charge on any atom is -0.491 e. The number of imidazole rings is 1. The highest BCUT2D eigenvalue weighted by molar-refractivity contribution is 6.35. The van der Waals surface area contributed by atoms with E-state index in [1.165, 1.54) is 5.69 Å². The highest BCUT2D eigenvalue weighted by Gasteiger charge is 2.45. The number of hydrogen-bond donors (Lipinski definition) is 1. The molecule has 1 aromatic heterocycles. The summed E-state index contributed by atoms with van der Waals surface area (Å²) in [6, 6.07) is 13.6. The lowest BCUT2D eigenvalue weighted by molar-refractivity contribution is -0.189. The average Bonchev–Trinajstić information content (AvgIpc) is 3.54. The number of anilines is 1. The number of nitrogens with zero attached hydrogens (tertiary/aromatic N) is 4. The maximum Gasteiger partial charge on any atom is 0.215 e. The predicted octanol–water partition coefficient (Wildman–Crippen LogP) is 2.79. The standard InChI is InChI=1S/C26H31Cl2N5O3.H2O/c27-20-1-6-24(25(28)15-20)26(18-32-10-8-30-19-32)35-17-23(36-26)16-34-22-4-2-21(3-5-22)33-13-11-31(9-7-29)12-14-33;/h1-6,8,10,15,19,23H,7,9,11-14,16-18,29H2;1H2/t23-,26-;/m1./s1. The number of piperazine rings is 1. The quantitative estimate of drug-likeness (QED) is 0.437. The van der Waals surface area contributed by atoms with Crippen molar-refractivity contribution in [3.05, 3.63) is 76.8 Å². The average molecular weight is 550 g/mol. The molecule has 2 atom stereocenters. The summed E-state index contributed by atoms with van der Waals surface area (Å²) in [5, 5.41) is 1.05. The Morgan fingerprint density at radius 1 is 1.08 bits per heavy atom. The van der Waals surface area contributed by atoms with Gasteiger partial charge in [-0.15, -0.1) is 0 Å². The fraction of sp³-hybridized carbons (Fsp3) is 0.423. The van der Waals surface area contributed by atoms with E-state index in [9.17, 15) is 0 Å². The van der Waals surface area contributed by atoms with Gasteiger partial charge in [0, 0.05) is 67.9 Å². The van der Waals surface area contributed by atoms with E-state index in [1.807, 2.05) is 29.0 Å². The zero-order valence-electron chi connectivity index (χ0n) is 20.6. The second-order valence-electron chi connectivity index (χ2n) is 9.09. The number of aromatic nitrogens is 2. The van der Waals surface area contributed by atoms with Crippen molar-refractivity contribution < 1.29 is 19.7 Å². The second-order valence-corrected chi connectivity index (χ2v) is 9.93. The van der Waals surface area contributed by atoms with Crippen LogP contribution in [0.2, 0.25) is 10.0 Å². The monoisotopic (exact) mass is 549 g/mol. The molecule has 2 aliphatic heterocycles. The van der Waals surface area contributed by atoms with Gasteiger partial charge >= 0.3 is 0 Å². The Kier molecular flexibility index (Phi) is 9.31. The molecule has 11 heteroatoms. The largest absolute Gasteiger partial charge is 0.491 e. The lowest BCUT2D eigenvalue weighted by Gasteiger charge is -2.36. The van der Waals surface area contributed by atoms with E-state index >= 15 is 0 Å². The molecule has 2 aliphatic rings. The van der Waals surface area contributed by atoms with Gasteiger partial charge < -0.3 is 34.9 Å². The van der Waals surface area contributed by atoms with Crippen LogP contribution < -0.4 is 15.4 Å². The van der Waals surface area contributed by atoms with E-state index < -0.39 is 5.79 Å². The molecule has 200 valence electrons. The molecule has 0 saturated carbocycles. The molecule has 0 radical (unpaired) electrons. The molecule has 5 rings (SSSR count). The Labute approximate surface area is 226 Å². The Balaban J connectivity index is 0.00000320. The van der Waals surface area contributed by atoms with Gasteiger partial charge in [-0.05, 0) is 36.4 Å². The summed E-state index contributed by atoms with van der Waals surface area (Å²) >= 11 is 12.7. The molecule has 2 aromatic carbocycles. The number of ether oxygens (including phenoxy) is 3. The van der Waals surface area contributed by atoms with Gasteiger partial charge in [-0.3, -0.25) is 4.90 Å². The third-order valence-corrected chi connectivity index (χ3v) is 7.15. The van der Waals surface area contributed by atoms with Gasteiger partial charge in [-0.25, -0.2) is 4.98 Å². The van der Waals surface area contributed by atoms with E-state index in [0.717, 1.165) is 44.0 Å². The summed E-state index contributed by atoms with van der Waals surface area (Å²) in [7, 11) is 0. The molecule has 0 spiro atoms. The Hall–Kier alpha value is -2.37. The normalized spacial score (nSPS) is 22.1. The molecule has 0 aliphatic carbocycles. The van der Waals surface area contributed by atoms with Crippen molar-refractivity contribution in [2.24, 2.45) is 5.73 Å². The van der Waals surface area contributed by atoms with E-state index in [4.69, 9.17) is 43.1 Å². The molecule has 0 unspecified atom stereocenters. The van der Waals surface area contributed by atoms with E-state index in [2.05, 4.69) is 26.9 Å². The summed E-state index contributed by atoms with van der Waals surface area (Å²) in [4.78, 5) is 8.93. The van der Waals surface area contributed by atoms with E-state index in [1.54, 1.807) is 24.7 Å². The fourth-order valence-electron chi connectivity index (χ4n) is 4.73. The van der Waals surface area contributed by atoms with Crippen LogP contribution in [0.3, 0.4) is 0 Å². The second kappa shape index (κ2) is 12.4. The van der Waals surface area contributed by atoms with Crippen molar-refractivity contribution in [3.63, 3.8) is 0 Å². The van der Waals surface area contributed by atoms with Gasteiger partial charge in [0.1, 0.15) is 18.5 Å².